The minimum atomic E-state index is -4.16. The zero-order valence-electron chi connectivity index (χ0n) is 5.43. The first-order valence-electron chi connectivity index (χ1n) is 2.74. The fourth-order valence-corrected chi connectivity index (χ4v) is 0.936. The number of rotatable bonds is 1. The molecular formula is C5H6N2O3S. The molecule has 1 aliphatic heterocycles. The van der Waals surface area contributed by atoms with Gasteiger partial charge >= 0.3 is 10.1 Å². The smallest absolute Gasteiger partial charge is 0.281 e. The van der Waals surface area contributed by atoms with Gasteiger partial charge < -0.3 is 0 Å². The molecule has 0 radical (unpaired) electrons. The van der Waals surface area contributed by atoms with Crippen LogP contribution in [-0.4, -0.2) is 19.2 Å². The van der Waals surface area contributed by atoms with Crippen molar-refractivity contribution >= 4 is 16.3 Å². The van der Waals surface area contributed by atoms with Crippen molar-refractivity contribution in [2.75, 3.05) is 0 Å². The van der Waals surface area contributed by atoms with Gasteiger partial charge in [-0.3, -0.25) is 9.98 Å². The predicted molar refractivity (Wildman–Crippen MR) is 40.4 cm³/mol. The summed E-state index contributed by atoms with van der Waals surface area (Å²) < 4.78 is 29.4. The van der Waals surface area contributed by atoms with Gasteiger partial charge in [-0.05, 0) is 12.2 Å². The number of hydrogen-bond donors (Lipinski definition) is 2. The van der Waals surface area contributed by atoms with E-state index in [2.05, 4.69) is 10.5 Å². The Morgan fingerprint density at radius 3 is 2.82 bits per heavy atom. The van der Waals surface area contributed by atoms with Gasteiger partial charge in [0, 0.05) is 6.21 Å². The van der Waals surface area contributed by atoms with Gasteiger partial charge in [0.05, 0.1) is 0 Å². The normalized spacial score (nSPS) is 17.0. The lowest BCUT2D eigenvalue weighted by Gasteiger charge is -1.98. The molecule has 0 spiro atoms. The first kappa shape index (κ1) is 7.96. The fraction of sp³-hybridized carbons (Fsp3) is 0. The van der Waals surface area contributed by atoms with Crippen LogP contribution in [0.4, 0.5) is 0 Å². The lowest BCUT2D eigenvalue weighted by Crippen LogP contribution is -2.14. The van der Waals surface area contributed by atoms with Crippen LogP contribution in [0.3, 0.4) is 0 Å². The second-order valence-electron chi connectivity index (χ2n) is 1.78. The van der Waals surface area contributed by atoms with Crippen molar-refractivity contribution in [3.8, 4) is 0 Å². The van der Waals surface area contributed by atoms with Crippen LogP contribution in [0.25, 0.3) is 0 Å². The molecule has 11 heavy (non-hydrogen) atoms. The molecule has 0 aromatic rings. The largest absolute Gasteiger partial charge is 0.311 e. The molecule has 60 valence electrons. The van der Waals surface area contributed by atoms with Crippen molar-refractivity contribution in [3.05, 3.63) is 23.3 Å². The molecule has 1 rings (SSSR count). The summed E-state index contributed by atoms with van der Waals surface area (Å²) in [7, 11) is -4.16. The van der Waals surface area contributed by atoms with E-state index in [1.54, 1.807) is 0 Å². The highest BCUT2D eigenvalue weighted by molar-refractivity contribution is 7.89. The first-order chi connectivity index (χ1) is 5.11. The summed E-state index contributed by atoms with van der Waals surface area (Å²) >= 11 is 0. The van der Waals surface area contributed by atoms with Crippen molar-refractivity contribution in [2.24, 2.45) is 5.10 Å². The van der Waals surface area contributed by atoms with E-state index in [-0.39, 0.29) is 5.03 Å². The minimum Gasteiger partial charge on any atom is -0.281 e. The van der Waals surface area contributed by atoms with Gasteiger partial charge in [0.2, 0.25) is 0 Å². The summed E-state index contributed by atoms with van der Waals surface area (Å²) in [6.07, 6.45) is 5.56. The highest BCUT2D eigenvalue weighted by Gasteiger charge is 2.11. The minimum absolute atomic E-state index is 0.331. The number of hydrogen-bond acceptors (Lipinski definition) is 4. The van der Waals surface area contributed by atoms with Crippen LogP contribution in [-0.2, 0) is 10.1 Å². The molecule has 0 amide bonds. The summed E-state index contributed by atoms with van der Waals surface area (Å²) in [5, 5.41) is 3.12. The standard InChI is InChI=1S/C5H6N2O3S/c8-11(9,10)5-3-1-2-4-6-7-5/h1-4,7H,(H,8,9,10). The van der Waals surface area contributed by atoms with Crippen LogP contribution >= 0.6 is 0 Å². The lowest BCUT2D eigenvalue weighted by molar-refractivity contribution is 0.487. The molecule has 0 aromatic heterocycles. The quantitative estimate of drug-likeness (QED) is 0.542. The third-order valence-corrected chi connectivity index (χ3v) is 1.76. The van der Waals surface area contributed by atoms with Crippen LogP contribution < -0.4 is 5.43 Å². The number of allylic oxidation sites excluding steroid dienone is 3. The highest BCUT2D eigenvalue weighted by Crippen LogP contribution is 2.00. The van der Waals surface area contributed by atoms with Crippen LogP contribution in [0.15, 0.2) is 28.4 Å². The Balaban J connectivity index is 2.99. The van der Waals surface area contributed by atoms with Crippen molar-refractivity contribution < 1.29 is 13.0 Å². The van der Waals surface area contributed by atoms with E-state index >= 15 is 0 Å². The molecule has 0 unspecified atom stereocenters. The topological polar surface area (TPSA) is 78.8 Å². The Labute approximate surface area is 63.9 Å². The molecule has 6 heteroatoms. The lowest BCUT2D eigenvalue weighted by atomic mass is 10.5. The summed E-state index contributed by atoms with van der Waals surface area (Å²) in [6, 6.07) is 0. The van der Waals surface area contributed by atoms with Crippen LogP contribution in [0.1, 0.15) is 0 Å². The molecule has 0 aliphatic carbocycles. The fourth-order valence-electron chi connectivity index (χ4n) is 0.517. The second kappa shape index (κ2) is 2.85. The zero-order valence-corrected chi connectivity index (χ0v) is 6.25. The molecule has 0 aromatic carbocycles. The van der Waals surface area contributed by atoms with Crippen molar-refractivity contribution in [3.63, 3.8) is 0 Å². The number of nitrogens with zero attached hydrogens (tertiary/aromatic N) is 1. The van der Waals surface area contributed by atoms with Crippen LogP contribution in [0.5, 0.6) is 0 Å². The van der Waals surface area contributed by atoms with Crippen LogP contribution in [0.2, 0.25) is 0 Å². The summed E-state index contributed by atoms with van der Waals surface area (Å²) in [4.78, 5) is 0. The molecule has 1 heterocycles. The van der Waals surface area contributed by atoms with E-state index in [1.165, 1.54) is 24.4 Å². The van der Waals surface area contributed by atoms with Crippen LogP contribution in [0, 0.1) is 0 Å². The van der Waals surface area contributed by atoms with E-state index in [1.807, 2.05) is 0 Å². The Bertz CT molecular complexity index is 326. The first-order valence-corrected chi connectivity index (χ1v) is 4.18. The third kappa shape index (κ3) is 2.17. The molecule has 1 aliphatic rings. The maximum absolute atomic E-state index is 10.5. The molecule has 0 saturated heterocycles. The maximum Gasteiger partial charge on any atom is 0.311 e. The van der Waals surface area contributed by atoms with Gasteiger partial charge in [-0.1, -0.05) is 6.08 Å². The average Bonchev–Trinajstić information content (AvgIpc) is 2.10. The van der Waals surface area contributed by atoms with E-state index < -0.39 is 10.1 Å². The highest BCUT2D eigenvalue weighted by atomic mass is 32.2. The van der Waals surface area contributed by atoms with Gasteiger partial charge in [-0.15, -0.1) is 0 Å². The Morgan fingerprint density at radius 1 is 1.45 bits per heavy atom. The van der Waals surface area contributed by atoms with Gasteiger partial charge in [0.1, 0.15) is 0 Å². The Morgan fingerprint density at radius 2 is 2.18 bits per heavy atom. The van der Waals surface area contributed by atoms with Crippen molar-refractivity contribution in [1.29, 1.82) is 0 Å². The van der Waals surface area contributed by atoms with Crippen molar-refractivity contribution in [2.45, 2.75) is 0 Å². The van der Waals surface area contributed by atoms with Gasteiger partial charge in [0.25, 0.3) is 0 Å². The molecule has 0 saturated carbocycles. The van der Waals surface area contributed by atoms with Gasteiger partial charge in [-0.2, -0.15) is 13.5 Å². The molecule has 0 bridgehead atoms. The summed E-state index contributed by atoms with van der Waals surface area (Å²) in [5.41, 5.74) is 2.15. The summed E-state index contributed by atoms with van der Waals surface area (Å²) in [6.45, 7) is 0. The molecule has 5 nitrogen and oxygen atoms in total. The Hall–Kier alpha value is -1.14. The summed E-state index contributed by atoms with van der Waals surface area (Å²) in [5.74, 6) is 0. The zero-order chi connectivity index (χ0) is 8.32. The second-order valence-corrected chi connectivity index (χ2v) is 3.17. The van der Waals surface area contributed by atoms with E-state index in [0.29, 0.717) is 0 Å². The third-order valence-electron chi connectivity index (χ3n) is 0.972. The maximum atomic E-state index is 10.5. The number of hydrazone groups is 1. The van der Waals surface area contributed by atoms with Gasteiger partial charge in [-0.25, -0.2) is 0 Å². The number of nitrogens with one attached hydrogen (secondary N) is 1. The molecule has 2 N–H and O–H groups in total. The molecule has 0 atom stereocenters. The Kier molecular flexibility index (Phi) is 2.06. The van der Waals surface area contributed by atoms with Gasteiger partial charge in [0.15, 0.2) is 5.03 Å². The van der Waals surface area contributed by atoms with E-state index in [9.17, 15) is 8.42 Å². The molecular weight excluding hydrogens is 168 g/mol. The average molecular weight is 174 g/mol. The monoisotopic (exact) mass is 174 g/mol. The van der Waals surface area contributed by atoms with Crippen molar-refractivity contribution in [1.82, 2.24) is 5.43 Å². The van der Waals surface area contributed by atoms with E-state index in [4.69, 9.17) is 4.55 Å². The predicted octanol–water partition coefficient (Wildman–Crippen LogP) is -0.139. The molecule has 0 fully saturated rings. The SMILES string of the molecule is O=S(=O)(O)C1=CC=CC=NN1. The van der Waals surface area contributed by atoms with E-state index in [0.717, 1.165) is 0 Å².